The van der Waals surface area contributed by atoms with Crippen LogP contribution < -0.4 is 5.69 Å². The molecule has 0 aliphatic carbocycles. The molecule has 0 fully saturated rings. The molecule has 0 saturated carbocycles. The third-order valence-corrected chi connectivity index (χ3v) is 5.23. The Labute approximate surface area is 170 Å². The molecule has 30 heavy (non-hydrogen) atoms. The van der Waals surface area contributed by atoms with Gasteiger partial charge >= 0.3 is 5.69 Å². The van der Waals surface area contributed by atoms with Gasteiger partial charge in [0.05, 0.1) is 24.0 Å². The zero-order valence-electron chi connectivity index (χ0n) is 16.0. The summed E-state index contributed by atoms with van der Waals surface area (Å²) in [5.74, 6) is -0.661. The first-order valence-electron chi connectivity index (χ1n) is 9.17. The van der Waals surface area contributed by atoms with Gasteiger partial charge in [-0.2, -0.15) is 0 Å². The summed E-state index contributed by atoms with van der Waals surface area (Å²) in [5.41, 5.74) is -1.20. The van der Waals surface area contributed by atoms with E-state index < -0.39 is 29.8 Å². The third-order valence-electron chi connectivity index (χ3n) is 5.23. The SMILES string of the molecule is C[C@@H](n1ccn(-c2ccc(-n3cnnn3)cc2)c1=O)[C@](O)(CO)c1ccccc1F. The number of tetrazole rings is 1. The maximum Gasteiger partial charge on any atom is 0.333 e. The molecule has 2 atom stereocenters. The van der Waals surface area contributed by atoms with E-state index in [0.717, 1.165) is 5.69 Å². The molecule has 9 nitrogen and oxygen atoms in total. The van der Waals surface area contributed by atoms with Gasteiger partial charge in [0.15, 0.2) is 0 Å². The summed E-state index contributed by atoms with van der Waals surface area (Å²) in [4.78, 5) is 13.0. The van der Waals surface area contributed by atoms with Crippen molar-refractivity contribution in [2.24, 2.45) is 0 Å². The van der Waals surface area contributed by atoms with Gasteiger partial charge in [-0.15, -0.1) is 5.10 Å². The largest absolute Gasteiger partial charge is 0.393 e. The molecule has 2 N–H and O–H groups in total. The van der Waals surface area contributed by atoms with E-state index in [4.69, 9.17) is 0 Å². The summed E-state index contributed by atoms with van der Waals surface area (Å²) in [5, 5.41) is 31.9. The summed E-state index contributed by atoms with van der Waals surface area (Å²) in [6.45, 7) is 0.794. The highest BCUT2D eigenvalue weighted by molar-refractivity contribution is 5.40. The molecule has 0 spiro atoms. The second-order valence-electron chi connectivity index (χ2n) is 6.87. The highest BCUT2D eigenvalue weighted by Gasteiger charge is 2.39. The molecule has 0 bridgehead atoms. The van der Waals surface area contributed by atoms with Crippen LogP contribution in [-0.2, 0) is 5.60 Å². The lowest BCUT2D eigenvalue weighted by atomic mass is 9.87. The van der Waals surface area contributed by atoms with Gasteiger partial charge in [-0.05, 0) is 47.7 Å². The van der Waals surface area contributed by atoms with E-state index in [1.165, 1.54) is 44.5 Å². The number of halogens is 1. The predicted molar refractivity (Wildman–Crippen MR) is 105 cm³/mol. The zero-order valence-corrected chi connectivity index (χ0v) is 16.0. The van der Waals surface area contributed by atoms with Crippen molar-refractivity contribution >= 4 is 0 Å². The van der Waals surface area contributed by atoms with Crippen molar-refractivity contribution in [3.63, 3.8) is 0 Å². The molecule has 0 saturated heterocycles. The lowest BCUT2D eigenvalue weighted by molar-refractivity contribution is -0.0603. The summed E-state index contributed by atoms with van der Waals surface area (Å²) in [6.07, 6.45) is 4.49. The summed E-state index contributed by atoms with van der Waals surface area (Å²) >= 11 is 0. The Morgan fingerprint density at radius 2 is 1.80 bits per heavy atom. The minimum absolute atomic E-state index is 0.0783. The maximum atomic E-state index is 14.3. The number of aromatic nitrogens is 6. The normalized spacial score (nSPS) is 14.4. The molecule has 4 aromatic rings. The van der Waals surface area contributed by atoms with E-state index in [0.29, 0.717) is 5.69 Å². The third kappa shape index (κ3) is 3.21. The highest BCUT2D eigenvalue weighted by Crippen LogP contribution is 2.33. The molecule has 0 amide bonds. The molecular formula is C20H19FN6O3. The minimum Gasteiger partial charge on any atom is -0.393 e. The van der Waals surface area contributed by atoms with Crippen LogP contribution in [-0.4, -0.2) is 46.2 Å². The van der Waals surface area contributed by atoms with E-state index in [9.17, 15) is 19.4 Å². The van der Waals surface area contributed by atoms with Crippen molar-refractivity contribution in [1.29, 1.82) is 0 Å². The van der Waals surface area contributed by atoms with Crippen molar-refractivity contribution < 1.29 is 14.6 Å². The van der Waals surface area contributed by atoms with Crippen molar-refractivity contribution in [2.75, 3.05) is 6.61 Å². The van der Waals surface area contributed by atoms with Gasteiger partial charge in [0.2, 0.25) is 0 Å². The maximum absolute atomic E-state index is 14.3. The summed E-state index contributed by atoms with van der Waals surface area (Å²) in [7, 11) is 0. The molecule has 2 aromatic carbocycles. The molecule has 154 valence electrons. The number of hydrogen-bond donors (Lipinski definition) is 2. The summed E-state index contributed by atoms with van der Waals surface area (Å²) < 4.78 is 18.4. The van der Waals surface area contributed by atoms with E-state index in [-0.39, 0.29) is 5.56 Å². The average molecular weight is 410 g/mol. The Kier molecular flexibility index (Phi) is 5.02. The molecule has 2 aromatic heterocycles. The zero-order chi connectivity index (χ0) is 21.3. The van der Waals surface area contributed by atoms with Crippen molar-refractivity contribution in [1.82, 2.24) is 29.3 Å². The van der Waals surface area contributed by atoms with Crippen molar-refractivity contribution in [2.45, 2.75) is 18.6 Å². The first kappa shape index (κ1) is 19.7. The summed E-state index contributed by atoms with van der Waals surface area (Å²) in [6, 6.07) is 11.7. The quantitative estimate of drug-likeness (QED) is 0.494. The van der Waals surface area contributed by atoms with Crippen LogP contribution in [0.15, 0.2) is 72.0 Å². The number of aliphatic hydroxyl groups is 2. The Balaban J connectivity index is 1.69. The fourth-order valence-corrected chi connectivity index (χ4v) is 3.41. The van der Waals surface area contributed by atoms with Crippen LogP contribution in [0.25, 0.3) is 11.4 Å². The van der Waals surface area contributed by atoms with E-state index in [2.05, 4.69) is 15.5 Å². The Morgan fingerprint density at radius 1 is 1.10 bits per heavy atom. The van der Waals surface area contributed by atoms with Gasteiger partial charge in [0.25, 0.3) is 0 Å². The monoisotopic (exact) mass is 410 g/mol. The fourth-order valence-electron chi connectivity index (χ4n) is 3.41. The molecule has 0 aliphatic heterocycles. The van der Waals surface area contributed by atoms with Crippen LogP contribution in [0.2, 0.25) is 0 Å². The standard InChI is InChI=1S/C20H19FN6O3/c1-14(20(30,12-28)17-4-2-3-5-18(17)21)25-10-11-26(19(25)29)15-6-8-16(9-7-15)27-13-22-23-24-27/h2-11,13-14,28,30H,12H2,1H3/t14-,20-/m1/s1. The van der Waals surface area contributed by atoms with Crippen LogP contribution in [0.1, 0.15) is 18.5 Å². The number of imidazole rings is 1. The molecular weight excluding hydrogens is 391 g/mol. The van der Waals surface area contributed by atoms with Gasteiger partial charge in [0.1, 0.15) is 17.7 Å². The van der Waals surface area contributed by atoms with Gasteiger partial charge < -0.3 is 10.2 Å². The van der Waals surface area contributed by atoms with E-state index in [1.54, 1.807) is 43.5 Å². The van der Waals surface area contributed by atoms with Crippen LogP contribution in [0, 0.1) is 5.82 Å². The number of rotatable bonds is 6. The van der Waals surface area contributed by atoms with Crippen molar-refractivity contribution in [3.8, 4) is 11.4 Å². The molecule has 10 heteroatoms. The Bertz CT molecular complexity index is 1200. The van der Waals surface area contributed by atoms with Crippen LogP contribution in [0.3, 0.4) is 0 Å². The second kappa shape index (κ2) is 7.65. The lowest BCUT2D eigenvalue weighted by Crippen LogP contribution is -2.43. The Hall–Kier alpha value is -3.63. The molecule has 0 aliphatic rings. The number of hydrogen-bond acceptors (Lipinski definition) is 6. The first-order chi connectivity index (χ1) is 14.5. The van der Waals surface area contributed by atoms with Gasteiger partial charge in [0, 0.05) is 18.0 Å². The van der Waals surface area contributed by atoms with E-state index >= 15 is 0 Å². The second-order valence-corrected chi connectivity index (χ2v) is 6.87. The van der Waals surface area contributed by atoms with Gasteiger partial charge in [-0.3, -0.25) is 9.13 Å². The smallest absolute Gasteiger partial charge is 0.333 e. The molecule has 0 radical (unpaired) electrons. The van der Waals surface area contributed by atoms with Crippen LogP contribution in [0.4, 0.5) is 4.39 Å². The fraction of sp³-hybridized carbons (Fsp3) is 0.200. The van der Waals surface area contributed by atoms with Crippen molar-refractivity contribution in [3.05, 3.63) is 89.1 Å². The highest BCUT2D eigenvalue weighted by atomic mass is 19.1. The van der Waals surface area contributed by atoms with Gasteiger partial charge in [-0.25, -0.2) is 13.9 Å². The molecule has 4 rings (SSSR count). The van der Waals surface area contributed by atoms with Crippen LogP contribution in [0.5, 0.6) is 0 Å². The lowest BCUT2D eigenvalue weighted by Gasteiger charge is -2.33. The van der Waals surface area contributed by atoms with Gasteiger partial charge in [-0.1, -0.05) is 18.2 Å². The molecule has 0 unspecified atom stereocenters. The molecule has 2 heterocycles. The van der Waals surface area contributed by atoms with Crippen LogP contribution >= 0.6 is 0 Å². The number of aliphatic hydroxyl groups excluding tert-OH is 1. The number of nitrogens with zero attached hydrogens (tertiary/aromatic N) is 6. The number of benzene rings is 2. The predicted octanol–water partition coefficient (Wildman–Crippen LogP) is 1.19. The average Bonchev–Trinajstić information content (AvgIpc) is 3.43. The van der Waals surface area contributed by atoms with E-state index in [1.807, 2.05) is 0 Å². The topological polar surface area (TPSA) is 111 Å². The Morgan fingerprint density at radius 3 is 2.43 bits per heavy atom. The first-order valence-corrected chi connectivity index (χ1v) is 9.17. The minimum atomic E-state index is -1.98.